The van der Waals surface area contributed by atoms with Crippen LogP contribution in [0.15, 0.2) is 24.3 Å². The number of esters is 2. The summed E-state index contributed by atoms with van der Waals surface area (Å²) in [5.74, 6) is -0.533. The van der Waals surface area contributed by atoms with Gasteiger partial charge in [-0.05, 0) is 43.8 Å². The Balaban J connectivity index is 2.43. The number of anilines is 1. The van der Waals surface area contributed by atoms with Crippen molar-refractivity contribution < 1.29 is 19.1 Å². The van der Waals surface area contributed by atoms with Gasteiger partial charge in [0.15, 0.2) is 0 Å². The van der Waals surface area contributed by atoms with E-state index in [1.807, 2.05) is 37.9 Å². The molecule has 6 nitrogen and oxygen atoms in total. The summed E-state index contributed by atoms with van der Waals surface area (Å²) in [7, 11) is 1.93. The predicted molar refractivity (Wildman–Crippen MR) is 108 cm³/mol. The molecular weight excluding hydrogens is 344 g/mol. The van der Waals surface area contributed by atoms with Crippen molar-refractivity contribution in [3.63, 3.8) is 0 Å². The number of benzene rings is 1. The Morgan fingerprint density at radius 2 is 1.56 bits per heavy atom. The lowest BCUT2D eigenvalue weighted by molar-refractivity contribution is -0.147. The van der Waals surface area contributed by atoms with Crippen LogP contribution < -0.4 is 4.90 Å². The number of carbonyl (C=O) groups is 2. The first-order valence-electron chi connectivity index (χ1n) is 9.80. The van der Waals surface area contributed by atoms with E-state index in [1.54, 1.807) is 12.1 Å². The van der Waals surface area contributed by atoms with Crippen LogP contribution in [0.2, 0.25) is 0 Å². The Bertz CT molecular complexity index is 570. The third-order valence-corrected chi connectivity index (χ3v) is 4.76. The van der Waals surface area contributed by atoms with Gasteiger partial charge in [-0.15, -0.1) is 0 Å². The second kappa shape index (κ2) is 12.3. The highest BCUT2D eigenvalue weighted by Crippen LogP contribution is 2.14. The van der Waals surface area contributed by atoms with Crippen LogP contribution in [-0.2, 0) is 14.3 Å². The highest BCUT2D eigenvalue weighted by molar-refractivity contribution is 5.89. The predicted octanol–water partition coefficient (Wildman–Crippen LogP) is 3.21. The molecule has 0 aliphatic rings. The van der Waals surface area contributed by atoms with E-state index in [2.05, 4.69) is 18.7 Å². The van der Waals surface area contributed by atoms with Gasteiger partial charge in [0.2, 0.25) is 0 Å². The second-order valence-corrected chi connectivity index (χ2v) is 6.61. The molecule has 0 aromatic heterocycles. The molecule has 6 heteroatoms. The summed E-state index contributed by atoms with van der Waals surface area (Å²) in [5.41, 5.74) is 1.49. The molecule has 0 amide bonds. The van der Waals surface area contributed by atoms with Crippen LogP contribution in [0, 0.1) is 5.92 Å². The minimum Gasteiger partial charge on any atom is -0.464 e. The Kier molecular flexibility index (Phi) is 10.5. The first kappa shape index (κ1) is 23.0. The molecule has 1 rings (SSSR count). The summed E-state index contributed by atoms with van der Waals surface area (Å²) in [5, 5.41) is 0. The molecule has 1 atom stereocenters. The molecule has 0 N–H and O–H groups in total. The second-order valence-electron chi connectivity index (χ2n) is 6.61. The summed E-state index contributed by atoms with van der Waals surface area (Å²) in [4.78, 5) is 28.0. The third-order valence-electron chi connectivity index (χ3n) is 4.76. The highest BCUT2D eigenvalue weighted by Gasteiger charge is 2.12. The van der Waals surface area contributed by atoms with Crippen molar-refractivity contribution in [3.05, 3.63) is 29.8 Å². The van der Waals surface area contributed by atoms with Crippen LogP contribution in [0.3, 0.4) is 0 Å². The normalized spacial score (nSPS) is 11.9. The molecule has 152 valence electrons. The molecule has 0 heterocycles. The van der Waals surface area contributed by atoms with Gasteiger partial charge in [-0.2, -0.15) is 0 Å². The van der Waals surface area contributed by atoms with E-state index >= 15 is 0 Å². The number of likely N-dealkylation sites (N-methyl/N-ethyl adjacent to an activating group) is 2. The highest BCUT2D eigenvalue weighted by atomic mass is 16.5. The molecule has 0 radical (unpaired) electrons. The summed E-state index contributed by atoms with van der Waals surface area (Å²) >= 11 is 0. The van der Waals surface area contributed by atoms with Gasteiger partial charge in [-0.25, -0.2) is 4.79 Å². The smallest absolute Gasteiger partial charge is 0.338 e. The minimum absolute atomic E-state index is 0.0673. The van der Waals surface area contributed by atoms with Gasteiger partial charge in [0, 0.05) is 19.3 Å². The maximum absolute atomic E-state index is 12.1. The molecule has 0 aliphatic carbocycles. The van der Waals surface area contributed by atoms with Crippen molar-refractivity contribution in [2.24, 2.45) is 5.92 Å². The average molecular weight is 379 g/mol. The van der Waals surface area contributed by atoms with Gasteiger partial charge in [0.25, 0.3) is 0 Å². The molecule has 0 saturated carbocycles. The SMILES string of the molecule is CCC(C)C(=O)OCCN(C)c1ccc(C(=O)OCCN(CC)CC)cc1. The Hall–Kier alpha value is -2.08. The monoisotopic (exact) mass is 378 g/mol. The molecule has 1 unspecified atom stereocenters. The zero-order valence-electron chi connectivity index (χ0n) is 17.4. The lowest BCUT2D eigenvalue weighted by Crippen LogP contribution is -2.28. The molecule has 0 bridgehead atoms. The van der Waals surface area contributed by atoms with Gasteiger partial charge in [-0.1, -0.05) is 27.7 Å². The largest absolute Gasteiger partial charge is 0.464 e. The molecule has 1 aromatic rings. The van der Waals surface area contributed by atoms with Crippen molar-refractivity contribution >= 4 is 17.6 Å². The van der Waals surface area contributed by atoms with Crippen LogP contribution in [-0.4, -0.2) is 63.3 Å². The van der Waals surface area contributed by atoms with Crippen LogP contribution in [0.25, 0.3) is 0 Å². The van der Waals surface area contributed by atoms with Crippen LogP contribution in [0.4, 0.5) is 5.69 Å². The Morgan fingerprint density at radius 3 is 2.11 bits per heavy atom. The number of nitrogens with zero attached hydrogens (tertiary/aromatic N) is 2. The molecule has 0 saturated heterocycles. The van der Waals surface area contributed by atoms with E-state index in [9.17, 15) is 9.59 Å². The Labute approximate surface area is 163 Å². The van der Waals surface area contributed by atoms with Crippen LogP contribution >= 0.6 is 0 Å². The molecule has 0 fully saturated rings. The van der Waals surface area contributed by atoms with Gasteiger partial charge in [-0.3, -0.25) is 4.79 Å². The summed E-state index contributed by atoms with van der Waals surface area (Å²) in [6.07, 6.45) is 0.779. The van der Waals surface area contributed by atoms with E-state index in [1.165, 1.54) is 0 Å². The molecule has 0 aliphatic heterocycles. The van der Waals surface area contributed by atoms with Crippen LogP contribution in [0.5, 0.6) is 0 Å². The van der Waals surface area contributed by atoms with Gasteiger partial charge in [0.05, 0.1) is 18.0 Å². The van der Waals surface area contributed by atoms with Crippen LogP contribution in [0.1, 0.15) is 44.5 Å². The van der Waals surface area contributed by atoms with E-state index in [4.69, 9.17) is 9.47 Å². The standard InChI is InChI=1S/C21H34N2O4/c1-6-17(4)20(24)26-15-13-22(5)19-11-9-18(10-12-19)21(25)27-16-14-23(7-2)8-3/h9-12,17H,6-8,13-16H2,1-5H3. The zero-order chi connectivity index (χ0) is 20.2. The first-order chi connectivity index (χ1) is 12.9. The van der Waals surface area contributed by atoms with Gasteiger partial charge < -0.3 is 19.3 Å². The number of carbonyl (C=O) groups excluding carboxylic acids is 2. The van der Waals surface area contributed by atoms with E-state index in [0.29, 0.717) is 25.3 Å². The fraction of sp³-hybridized carbons (Fsp3) is 0.619. The fourth-order valence-corrected chi connectivity index (χ4v) is 2.46. The van der Waals surface area contributed by atoms with Gasteiger partial charge in [0.1, 0.15) is 13.2 Å². The average Bonchev–Trinajstić information content (AvgIpc) is 2.70. The van der Waals surface area contributed by atoms with Crippen molar-refractivity contribution in [1.29, 1.82) is 0 Å². The number of hydrogen-bond donors (Lipinski definition) is 0. The Morgan fingerprint density at radius 1 is 0.963 bits per heavy atom. The lowest BCUT2D eigenvalue weighted by Gasteiger charge is -2.20. The van der Waals surface area contributed by atoms with Crippen molar-refractivity contribution in [3.8, 4) is 0 Å². The molecule has 27 heavy (non-hydrogen) atoms. The number of hydrogen-bond acceptors (Lipinski definition) is 6. The maximum Gasteiger partial charge on any atom is 0.338 e. The minimum atomic E-state index is -0.307. The van der Waals surface area contributed by atoms with E-state index < -0.39 is 0 Å². The van der Waals surface area contributed by atoms with Crippen molar-refractivity contribution in [2.45, 2.75) is 34.1 Å². The van der Waals surface area contributed by atoms with Gasteiger partial charge >= 0.3 is 11.9 Å². The summed E-state index contributed by atoms with van der Waals surface area (Å²) in [6.45, 7) is 12.0. The summed E-state index contributed by atoms with van der Waals surface area (Å²) in [6, 6.07) is 7.27. The number of rotatable bonds is 12. The first-order valence-corrected chi connectivity index (χ1v) is 9.80. The van der Waals surface area contributed by atoms with Crippen molar-refractivity contribution in [1.82, 2.24) is 4.90 Å². The third kappa shape index (κ3) is 7.99. The topological polar surface area (TPSA) is 59.1 Å². The van der Waals surface area contributed by atoms with Crippen molar-refractivity contribution in [2.75, 3.05) is 51.3 Å². The maximum atomic E-state index is 12.1. The molecule has 0 spiro atoms. The molecular formula is C21H34N2O4. The lowest BCUT2D eigenvalue weighted by atomic mass is 10.1. The van der Waals surface area contributed by atoms with E-state index in [-0.39, 0.29) is 17.9 Å². The zero-order valence-corrected chi connectivity index (χ0v) is 17.4. The fourth-order valence-electron chi connectivity index (χ4n) is 2.46. The van der Waals surface area contributed by atoms with E-state index in [0.717, 1.165) is 31.7 Å². The molecule has 1 aromatic carbocycles. The summed E-state index contributed by atoms with van der Waals surface area (Å²) < 4.78 is 10.6. The quantitative estimate of drug-likeness (QED) is 0.521. The number of ether oxygens (including phenoxy) is 2.